The van der Waals surface area contributed by atoms with Crippen molar-refractivity contribution in [1.29, 1.82) is 0 Å². The Bertz CT molecular complexity index is 146. The molecule has 14 heavy (non-hydrogen) atoms. The van der Waals surface area contributed by atoms with Gasteiger partial charge in [-0.05, 0) is 19.9 Å². The van der Waals surface area contributed by atoms with E-state index in [1.54, 1.807) is 0 Å². The molecule has 0 saturated heterocycles. The van der Waals surface area contributed by atoms with Crippen LogP contribution in [0.4, 0.5) is 0 Å². The van der Waals surface area contributed by atoms with Crippen LogP contribution in [0.2, 0.25) is 0 Å². The summed E-state index contributed by atoms with van der Waals surface area (Å²) in [4.78, 5) is 2.27. The van der Waals surface area contributed by atoms with E-state index in [1.807, 2.05) is 6.92 Å². The van der Waals surface area contributed by atoms with Crippen LogP contribution in [-0.4, -0.2) is 47.5 Å². The third kappa shape index (κ3) is 4.94. The number of aliphatic hydroxyl groups is 2. The van der Waals surface area contributed by atoms with Crippen molar-refractivity contribution in [3.63, 3.8) is 0 Å². The maximum atomic E-state index is 9.57. The molecule has 0 radical (unpaired) electrons. The van der Waals surface area contributed by atoms with Crippen molar-refractivity contribution in [1.82, 2.24) is 4.90 Å². The van der Waals surface area contributed by atoms with Crippen LogP contribution in [0.3, 0.4) is 0 Å². The third-order valence-corrected chi connectivity index (χ3v) is 2.84. The maximum Gasteiger partial charge on any atom is 0.0575 e. The van der Waals surface area contributed by atoms with Crippen molar-refractivity contribution in [2.75, 3.05) is 26.2 Å². The molecule has 3 heteroatoms. The van der Waals surface area contributed by atoms with Crippen LogP contribution >= 0.6 is 0 Å². The van der Waals surface area contributed by atoms with Gasteiger partial charge in [-0.15, -0.1) is 0 Å². The Morgan fingerprint density at radius 1 is 1.36 bits per heavy atom. The van der Waals surface area contributed by atoms with Crippen molar-refractivity contribution < 1.29 is 10.2 Å². The molecule has 0 aromatic heterocycles. The predicted molar refractivity (Wildman–Crippen MR) is 59.3 cm³/mol. The molecular weight excluding hydrogens is 178 g/mol. The van der Waals surface area contributed by atoms with Crippen LogP contribution in [0.5, 0.6) is 0 Å². The molecule has 0 aliphatic heterocycles. The monoisotopic (exact) mass is 203 g/mol. The largest absolute Gasteiger partial charge is 0.396 e. The van der Waals surface area contributed by atoms with Gasteiger partial charge < -0.3 is 15.1 Å². The summed E-state index contributed by atoms with van der Waals surface area (Å²) >= 11 is 0. The van der Waals surface area contributed by atoms with Gasteiger partial charge in [0.15, 0.2) is 0 Å². The molecule has 0 rings (SSSR count). The fourth-order valence-electron chi connectivity index (χ4n) is 1.35. The first kappa shape index (κ1) is 13.9. The van der Waals surface area contributed by atoms with E-state index in [0.29, 0.717) is 0 Å². The van der Waals surface area contributed by atoms with Crippen LogP contribution in [0.1, 0.15) is 34.1 Å². The Morgan fingerprint density at radius 2 is 1.93 bits per heavy atom. The van der Waals surface area contributed by atoms with Gasteiger partial charge in [-0.1, -0.05) is 20.8 Å². The van der Waals surface area contributed by atoms with Crippen LogP contribution in [0, 0.1) is 5.41 Å². The van der Waals surface area contributed by atoms with Gasteiger partial charge in [-0.3, -0.25) is 0 Å². The summed E-state index contributed by atoms with van der Waals surface area (Å²) in [6.07, 6.45) is 0.509. The van der Waals surface area contributed by atoms with Gasteiger partial charge in [-0.25, -0.2) is 0 Å². The van der Waals surface area contributed by atoms with Crippen LogP contribution < -0.4 is 0 Å². The van der Waals surface area contributed by atoms with Crippen molar-refractivity contribution in [3.05, 3.63) is 0 Å². The molecule has 86 valence electrons. The summed E-state index contributed by atoms with van der Waals surface area (Å²) in [5.74, 6) is 0. The Kier molecular flexibility index (Phi) is 6.33. The maximum absolute atomic E-state index is 9.57. The lowest BCUT2D eigenvalue weighted by Crippen LogP contribution is -2.40. The van der Waals surface area contributed by atoms with Crippen molar-refractivity contribution in [2.45, 2.75) is 40.2 Å². The highest BCUT2D eigenvalue weighted by atomic mass is 16.3. The zero-order valence-electron chi connectivity index (χ0n) is 9.95. The molecule has 0 aromatic rings. The van der Waals surface area contributed by atoms with Crippen LogP contribution in [0.15, 0.2) is 0 Å². The average molecular weight is 203 g/mol. The van der Waals surface area contributed by atoms with Gasteiger partial charge >= 0.3 is 0 Å². The van der Waals surface area contributed by atoms with Gasteiger partial charge in [0.05, 0.1) is 6.10 Å². The lowest BCUT2D eigenvalue weighted by atomic mass is 9.87. The lowest BCUT2D eigenvalue weighted by molar-refractivity contribution is 0.0344. The molecule has 1 atom stereocenters. The number of hydrogen-bond acceptors (Lipinski definition) is 3. The SMILES string of the molecule is CCN(CCCO)CC(C)(C)C(C)O. The Labute approximate surface area is 87.7 Å². The first-order chi connectivity index (χ1) is 6.44. The van der Waals surface area contributed by atoms with E-state index in [-0.39, 0.29) is 18.1 Å². The van der Waals surface area contributed by atoms with E-state index in [9.17, 15) is 5.11 Å². The molecule has 1 unspecified atom stereocenters. The number of nitrogens with zero attached hydrogens (tertiary/aromatic N) is 1. The highest BCUT2D eigenvalue weighted by Crippen LogP contribution is 2.21. The zero-order chi connectivity index (χ0) is 11.2. The molecular formula is C11H25NO2. The van der Waals surface area contributed by atoms with Gasteiger partial charge in [0.1, 0.15) is 0 Å². The topological polar surface area (TPSA) is 43.7 Å². The smallest absolute Gasteiger partial charge is 0.0575 e. The lowest BCUT2D eigenvalue weighted by Gasteiger charge is -2.34. The van der Waals surface area contributed by atoms with Gasteiger partial charge in [0.25, 0.3) is 0 Å². The first-order valence-corrected chi connectivity index (χ1v) is 5.45. The Balaban J connectivity index is 4.02. The quantitative estimate of drug-likeness (QED) is 0.651. The van der Waals surface area contributed by atoms with E-state index >= 15 is 0 Å². The summed E-state index contributed by atoms with van der Waals surface area (Å²) in [6.45, 7) is 11.1. The molecule has 0 heterocycles. The second-order valence-corrected chi connectivity index (χ2v) is 4.61. The molecule has 0 spiro atoms. The molecule has 2 N–H and O–H groups in total. The zero-order valence-corrected chi connectivity index (χ0v) is 9.95. The van der Waals surface area contributed by atoms with Crippen molar-refractivity contribution >= 4 is 0 Å². The standard InChI is InChI=1S/C11H25NO2/c1-5-12(7-6-8-13)9-11(3,4)10(2)14/h10,13-14H,5-9H2,1-4H3. The van der Waals surface area contributed by atoms with E-state index in [2.05, 4.69) is 25.7 Å². The second kappa shape index (κ2) is 6.38. The van der Waals surface area contributed by atoms with Gasteiger partial charge in [0.2, 0.25) is 0 Å². The van der Waals surface area contributed by atoms with Crippen molar-refractivity contribution in [3.8, 4) is 0 Å². The van der Waals surface area contributed by atoms with Crippen LogP contribution in [0.25, 0.3) is 0 Å². The van der Waals surface area contributed by atoms with E-state index in [1.165, 1.54) is 0 Å². The summed E-state index contributed by atoms with van der Waals surface area (Å²) in [5, 5.41) is 18.3. The Morgan fingerprint density at radius 3 is 2.29 bits per heavy atom. The van der Waals surface area contributed by atoms with E-state index < -0.39 is 0 Å². The Hall–Kier alpha value is -0.120. The predicted octanol–water partition coefficient (Wildman–Crippen LogP) is 1.10. The summed E-state index contributed by atoms with van der Waals surface area (Å²) in [5.41, 5.74) is -0.0779. The van der Waals surface area contributed by atoms with E-state index in [4.69, 9.17) is 5.11 Å². The molecule has 0 aliphatic rings. The first-order valence-electron chi connectivity index (χ1n) is 5.45. The summed E-state index contributed by atoms with van der Waals surface area (Å²) in [7, 11) is 0. The van der Waals surface area contributed by atoms with Gasteiger partial charge in [-0.2, -0.15) is 0 Å². The third-order valence-electron chi connectivity index (χ3n) is 2.84. The second-order valence-electron chi connectivity index (χ2n) is 4.61. The minimum absolute atomic E-state index is 0.0779. The summed E-state index contributed by atoms with van der Waals surface area (Å²) < 4.78 is 0. The molecule has 0 aromatic carbocycles. The van der Waals surface area contributed by atoms with Gasteiger partial charge in [0, 0.05) is 25.1 Å². The van der Waals surface area contributed by atoms with E-state index in [0.717, 1.165) is 26.1 Å². The average Bonchev–Trinajstić information content (AvgIpc) is 2.11. The normalized spacial score (nSPS) is 14.8. The fourth-order valence-corrected chi connectivity index (χ4v) is 1.35. The molecule has 3 nitrogen and oxygen atoms in total. The minimum Gasteiger partial charge on any atom is -0.396 e. The molecule has 0 saturated carbocycles. The highest BCUT2D eigenvalue weighted by molar-refractivity contribution is 4.78. The summed E-state index contributed by atoms with van der Waals surface area (Å²) in [6, 6.07) is 0. The molecule has 0 aliphatic carbocycles. The highest BCUT2D eigenvalue weighted by Gasteiger charge is 2.26. The molecule has 0 amide bonds. The minimum atomic E-state index is -0.300. The number of aliphatic hydroxyl groups excluding tert-OH is 2. The number of hydrogen-bond donors (Lipinski definition) is 2. The van der Waals surface area contributed by atoms with Crippen LogP contribution in [-0.2, 0) is 0 Å². The van der Waals surface area contributed by atoms with Crippen molar-refractivity contribution in [2.24, 2.45) is 5.41 Å². The number of rotatable bonds is 7. The molecule has 0 fully saturated rings. The fraction of sp³-hybridized carbons (Fsp3) is 1.00. The molecule has 0 bridgehead atoms.